The van der Waals surface area contributed by atoms with Crippen molar-refractivity contribution in [1.82, 2.24) is 0 Å². The summed E-state index contributed by atoms with van der Waals surface area (Å²) in [5.74, 6) is 2.43. The van der Waals surface area contributed by atoms with Crippen LogP contribution >= 0.6 is 7.60 Å². The summed E-state index contributed by atoms with van der Waals surface area (Å²) in [6.45, 7) is 6.85. The van der Waals surface area contributed by atoms with Gasteiger partial charge in [-0.05, 0) is 26.7 Å². The molecule has 80 valence electrons. The Morgan fingerprint density at radius 3 is 2.43 bits per heavy atom. The lowest BCUT2D eigenvalue weighted by Crippen LogP contribution is -2.27. The molecule has 2 N–H and O–H groups in total. The predicted octanol–water partition coefficient (Wildman–Crippen LogP) is 2.16. The van der Waals surface area contributed by atoms with Crippen molar-refractivity contribution in [2.75, 3.05) is 0 Å². The second kappa shape index (κ2) is 4.79. The monoisotopic (exact) mass is 216 g/mol. The van der Waals surface area contributed by atoms with E-state index in [-0.39, 0.29) is 0 Å². The molecule has 0 aliphatic heterocycles. The molecule has 1 atom stereocenters. The topological polar surface area (TPSA) is 57.5 Å². The van der Waals surface area contributed by atoms with Crippen LogP contribution in [0.1, 0.15) is 26.7 Å². The Bertz CT molecular complexity index is 282. The Balaban J connectivity index is 4.84. The summed E-state index contributed by atoms with van der Waals surface area (Å²) in [5.41, 5.74) is -1.58. The Labute approximate surface area is 85.4 Å². The average molecular weight is 216 g/mol. The summed E-state index contributed by atoms with van der Waals surface area (Å²) in [4.78, 5) is 18.3. The number of hydrogen-bond donors (Lipinski definition) is 2. The van der Waals surface area contributed by atoms with Gasteiger partial charge in [0.25, 0.3) is 0 Å². The molecule has 0 fully saturated rings. The third-order valence-electron chi connectivity index (χ3n) is 2.26. The van der Waals surface area contributed by atoms with E-state index in [1.54, 1.807) is 19.9 Å². The van der Waals surface area contributed by atoms with Crippen molar-refractivity contribution in [1.29, 1.82) is 0 Å². The van der Waals surface area contributed by atoms with E-state index in [1.807, 2.05) is 0 Å². The minimum absolute atomic E-state index is 0.366. The molecule has 0 aromatic carbocycles. The van der Waals surface area contributed by atoms with Crippen molar-refractivity contribution >= 4 is 7.60 Å². The first kappa shape index (κ1) is 13.4. The summed E-state index contributed by atoms with van der Waals surface area (Å²) >= 11 is 0. The molecule has 0 aliphatic rings. The molecule has 0 heterocycles. The molecule has 14 heavy (non-hydrogen) atoms. The van der Waals surface area contributed by atoms with Gasteiger partial charge in [0.05, 0.1) is 5.66 Å². The van der Waals surface area contributed by atoms with Crippen molar-refractivity contribution in [3.8, 4) is 12.3 Å². The van der Waals surface area contributed by atoms with Gasteiger partial charge in [-0.25, -0.2) is 0 Å². The van der Waals surface area contributed by atoms with Crippen LogP contribution in [0.25, 0.3) is 0 Å². The highest BCUT2D eigenvalue weighted by Crippen LogP contribution is 2.51. The van der Waals surface area contributed by atoms with Gasteiger partial charge in [-0.3, -0.25) is 4.57 Å². The molecule has 0 rings (SSSR count). The van der Waals surface area contributed by atoms with Gasteiger partial charge in [0.15, 0.2) is 0 Å². The highest BCUT2D eigenvalue weighted by molar-refractivity contribution is 7.52. The van der Waals surface area contributed by atoms with Gasteiger partial charge in [-0.1, -0.05) is 12.0 Å². The first-order valence-electron chi connectivity index (χ1n) is 4.39. The maximum atomic E-state index is 11.2. The van der Waals surface area contributed by atoms with Crippen molar-refractivity contribution in [3.63, 3.8) is 0 Å². The van der Waals surface area contributed by atoms with Crippen LogP contribution in [0, 0.1) is 17.8 Å². The predicted molar refractivity (Wildman–Crippen MR) is 57.9 cm³/mol. The lowest BCUT2D eigenvalue weighted by atomic mass is 9.87. The smallest absolute Gasteiger partial charge is 0.324 e. The minimum Gasteiger partial charge on any atom is -0.324 e. The van der Waals surface area contributed by atoms with Crippen molar-refractivity contribution in [3.05, 3.63) is 12.7 Å². The molecule has 0 saturated heterocycles. The molecular weight excluding hydrogens is 199 g/mol. The Morgan fingerprint density at radius 1 is 1.64 bits per heavy atom. The standard InChI is InChI=1S/C10H17O3P/c1-5-7-8-9(14(11,12)13)10(3,4)6-2/h2,5,9H,1,7-8H2,3-4H3,(H2,11,12,13). The van der Waals surface area contributed by atoms with Gasteiger partial charge in [0, 0.05) is 5.41 Å². The summed E-state index contributed by atoms with van der Waals surface area (Å²) in [7, 11) is -4.13. The summed E-state index contributed by atoms with van der Waals surface area (Å²) < 4.78 is 11.2. The van der Waals surface area contributed by atoms with Gasteiger partial charge in [-0.2, -0.15) is 0 Å². The zero-order valence-corrected chi connectivity index (χ0v) is 9.50. The molecule has 0 amide bonds. The van der Waals surface area contributed by atoms with E-state index in [0.717, 1.165) is 0 Å². The van der Waals surface area contributed by atoms with E-state index in [1.165, 1.54) is 0 Å². The molecule has 0 saturated carbocycles. The summed E-state index contributed by atoms with van der Waals surface area (Å²) in [5, 5.41) is 0. The third kappa shape index (κ3) is 3.67. The first-order chi connectivity index (χ1) is 6.25. The minimum atomic E-state index is -4.13. The van der Waals surface area contributed by atoms with Crippen LogP contribution in [0.3, 0.4) is 0 Å². The van der Waals surface area contributed by atoms with Crippen LogP contribution < -0.4 is 0 Å². The zero-order valence-electron chi connectivity index (χ0n) is 8.60. The molecule has 0 aliphatic carbocycles. The normalized spacial score (nSPS) is 14.5. The lowest BCUT2D eigenvalue weighted by Gasteiger charge is -2.29. The number of hydrogen-bond acceptors (Lipinski definition) is 1. The quantitative estimate of drug-likeness (QED) is 0.420. The van der Waals surface area contributed by atoms with E-state index >= 15 is 0 Å². The fraction of sp³-hybridized carbons (Fsp3) is 0.600. The molecule has 0 bridgehead atoms. The van der Waals surface area contributed by atoms with E-state index in [0.29, 0.717) is 12.8 Å². The van der Waals surface area contributed by atoms with Crippen molar-refractivity contribution in [2.45, 2.75) is 32.3 Å². The van der Waals surface area contributed by atoms with Crippen LogP contribution in [0.15, 0.2) is 12.7 Å². The molecule has 0 aromatic heterocycles. The van der Waals surface area contributed by atoms with Gasteiger partial charge in [0.1, 0.15) is 0 Å². The van der Waals surface area contributed by atoms with Gasteiger partial charge >= 0.3 is 7.60 Å². The molecule has 0 radical (unpaired) electrons. The fourth-order valence-corrected chi connectivity index (χ4v) is 2.72. The second-order valence-corrected chi connectivity index (χ2v) is 5.64. The Kier molecular flexibility index (Phi) is 4.61. The number of rotatable bonds is 5. The number of allylic oxidation sites excluding steroid dienone is 1. The largest absolute Gasteiger partial charge is 0.330 e. The SMILES string of the molecule is C#CC(C)(C)C(CCC=C)P(=O)(O)O. The maximum absolute atomic E-state index is 11.2. The van der Waals surface area contributed by atoms with Gasteiger partial charge in [0.2, 0.25) is 0 Å². The van der Waals surface area contributed by atoms with Crippen LogP contribution in [-0.4, -0.2) is 15.4 Å². The Morgan fingerprint density at radius 2 is 2.14 bits per heavy atom. The van der Waals surface area contributed by atoms with E-state index in [2.05, 4.69) is 12.5 Å². The molecule has 0 spiro atoms. The molecular formula is C10H17O3P. The molecule has 4 heteroatoms. The third-order valence-corrected chi connectivity index (χ3v) is 3.97. The molecule has 0 aromatic rings. The molecule has 1 unspecified atom stereocenters. The lowest BCUT2D eigenvalue weighted by molar-refractivity contribution is 0.314. The van der Waals surface area contributed by atoms with E-state index < -0.39 is 18.7 Å². The van der Waals surface area contributed by atoms with Crippen LogP contribution in [0.4, 0.5) is 0 Å². The summed E-state index contributed by atoms with van der Waals surface area (Å²) in [6.07, 6.45) is 7.81. The van der Waals surface area contributed by atoms with Crippen LogP contribution in [0.5, 0.6) is 0 Å². The van der Waals surface area contributed by atoms with Crippen LogP contribution in [0.2, 0.25) is 0 Å². The zero-order chi connectivity index (χ0) is 11.4. The highest BCUT2D eigenvalue weighted by atomic mass is 31.2. The Hall–Kier alpha value is -0.550. The first-order valence-corrected chi connectivity index (χ1v) is 6.07. The van der Waals surface area contributed by atoms with Crippen molar-refractivity contribution < 1.29 is 14.4 Å². The molecule has 3 nitrogen and oxygen atoms in total. The van der Waals surface area contributed by atoms with Crippen LogP contribution in [-0.2, 0) is 4.57 Å². The highest BCUT2D eigenvalue weighted by Gasteiger charge is 2.39. The van der Waals surface area contributed by atoms with Gasteiger partial charge < -0.3 is 9.79 Å². The fourth-order valence-electron chi connectivity index (χ4n) is 1.32. The van der Waals surface area contributed by atoms with Gasteiger partial charge in [-0.15, -0.1) is 13.0 Å². The van der Waals surface area contributed by atoms with Crippen molar-refractivity contribution in [2.24, 2.45) is 5.41 Å². The second-order valence-electron chi connectivity index (χ2n) is 3.84. The van der Waals surface area contributed by atoms with E-state index in [9.17, 15) is 4.57 Å². The van der Waals surface area contributed by atoms with E-state index in [4.69, 9.17) is 16.2 Å². The average Bonchev–Trinajstić information content (AvgIpc) is 2.02. The summed E-state index contributed by atoms with van der Waals surface area (Å²) in [6, 6.07) is 0. The number of terminal acetylenes is 1. The maximum Gasteiger partial charge on any atom is 0.330 e.